The third-order valence-electron chi connectivity index (χ3n) is 2.29. The van der Waals surface area contributed by atoms with Crippen LogP contribution in [-0.2, 0) is 0 Å². The van der Waals surface area contributed by atoms with Gasteiger partial charge >= 0.3 is 0 Å². The Labute approximate surface area is 99.1 Å². The van der Waals surface area contributed by atoms with Gasteiger partial charge in [-0.05, 0) is 12.8 Å². The lowest BCUT2D eigenvalue weighted by Crippen LogP contribution is -2.03. The third-order valence-corrected chi connectivity index (χ3v) is 2.29. The van der Waals surface area contributed by atoms with Crippen LogP contribution in [0.25, 0.3) is 11.0 Å². The van der Waals surface area contributed by atoms with E-state index >= 15 is 0 Å². The maximum absolute atomic E-state index is 5.62. The molecular weight excluding hydrogens is 218 g/mol. The zero-order valence-electron chi connectivity index (χ0n) is 9.73. The zero-order valence-corrected chi connectivity index (χ0v) is 9.73. The number of rotatable bonds is 6. The van der Waals surface area contributed by atoms with E-state index in [9.17, 15) is 0 Å². The second-order valence-corrected chi connectivity index (χ2v) is 3.51. The number of anilines is 1. The summed E-state index contributed by atoms with van der Waals surface area (Å²) in [5, 5.41) is 10.4. The molecule has 6 heteroatoms. The lowest BCUT2D eigenvalue weighted by molar-refractivity contribution is 0.304. The van der Waals surface area contributed by atoms with Gasteiger partial charge in [0.15, 0.2) is 5.65 Å². The van der Waals surface area contributed by atoms with Crippen molar-refractivity contribution < 1.29 is 4.74 Å². The molecular formula is C11H15N5O. The molecule has 0 aromatic carbocycles. The van der Waals surface area contributed by atoms with Crippen LogP contribution in [0, 0.1) is 0 Å². The number of fused-ring (bicyclic) bond motifs is 1. The lowest BCUT2D eigenvalue weighted by atomic mass is 10.3. The summed E-state index contributed by atoms with van der Waals surface area (Å²) >= 11 is 0. The fraction of sp³-hybridized carbons (Fsp3) is 0.364. The third kappa shape index (κ3) is 2.52. The Kier molecular flexibility index (Phi) is 3.54. The molecule has 0 radical (unpaired) electrons. The van der Waals surface area contributed by atoms with Crippen LogP contribution in [0.1, 0.15) is 12.8 Å². The van der Waals surface area contributed by atoms with Gasteiger partial charge in [-0.1, -0.05) is 6.08 Å². The number of hydrogen-bond acceptors (Lipinski definition) is 5. The number of H-pyrrole nitrogens is 1. The Morgan fingerprint density at radius 3 is 3.18 bits per heavy atom. The molecule has 2 rings (SSSR count). The van der Waals surface area contributed by atoms with E-state index in [-0.39, 0.29) is 0 Å². The highest BCUT2D eigenvalue weighted by atomic mass is 16.5. The second kappa shape index (κ2) is 5.29. The van der Waals surface area contributed by atoms with Crippen LogP contribution in [0.3, 0.4) is 0 Å². The molecule has 2 aromatic rings. The number of aromatic nitrogens is 4. The van der Waals surface area contributed by atoms with E-state index in [0.717, 1.165) is 18.2 Å². The minimum atomic E-state index is 0.514. The molecule has 0 atom stereocenters. The highest BCUT2D eigenvalue weighted by Crippen LogP contribution is 2.22. The van der Waals surface area contributed by atoms with Crippen LogP contribution in [0.15, 0.2) is 18.9 Å². The van der Waals surface area contributed by atoms with Crippen LogP contribution in [0.5, 0.6) is 5.88 Å². The van der Waals surface area contributed by atoms with Gasteiger partial charge in [0.25, 0.3) is 0 Å². The summed E-state index contributed by atoms with van der Waals surface area (Å²) in [6.45, 7) is 4.27. The first-order chi connectivity index (χ1) is 8.35. The van der Waals surface area contributed by atoms with Crippen molar-refractivity contribution in [3.05, 3.63) is 18.9 Å². The Bertz CT molecular complexity index is 508. The number of unbranched alkanes of at least 4 members (excludes halogenated alkanes) is 1. The highest BCUT2D eigenvalue weighted by molar-refractivity contribution is 5.80. The number of ether oxygens (including phenoxy) is 1. The molecule has 6 nitrogen and oxygen atoms in total. The molecule has 0 aliphatic rings. The molecule has 0 spiro atoms. The summed E-state index contributed by atoms with van der Waals surface area (Å²) in [7, 11) is 1.76. The fourth-order valence-electron chi connectivity index (χ4n) is 1.43. The summed E-state index contributed by atoms with van der Waals surface area (Å²) in [5.74, 6) is 1.07. The molecule has 0 aliphatic heterocycles. The van der Waals surface area contributed by atoms with Gasteiger partial charge in [-0.2, -0.15) is 15.1 Å². The van der Waals surface area contributed by atoms with E-state index in [1.54, 1.807) is 13.2 Å². The van der Waals surface area contributed by atoms with Gasteiger partial charge in [-0.15, -0.1) is 6.58 Å². The molecule has 2 aromatic heterocycles. The molecule has 0 bridgehead atoms. The predicted molar refractivity (Wildman–Crippen MR) is 66.2 cm³/mol. The van der Waals surface area contributed by atoms with Crippen molar-refractivity contribution in [3.8, 4) is 5.88 Å². The summed E-state index contributed by atoms with van der Waals surface area (Å²) < 4.78 is 5.62. The molecule has 2 heterocycles. The van der Waals surface area contributed by atoms with Crippen molar-refractivity contribution in [2.24, 2.45) is 0 Å². The zero-order chi connectivity index (χ0) is 12.1. The van der Waals surface area contributed by atoms with Gasteiger partial charge in [0, 0.05) is 7.05 Å². The van der Waals surface area contributed by atoms with Crippen LogP contribution in [-0.4, -0.2) is 33.8 Å². The predicted octanol–water partition coefficient (Wildman–Crippen LogP) is 1.74. The largest absolute Gasteiger partial charge is 0.477 e. The van der Waals surface area contributed by atoms with Crippen molar-refractivity contribution in [1.82, 2.24) is 20.2 Å². The molecule has 90 valence electrons. The molecule has 2 N–H and O–H groups in total. The minimum Gasteiger partial charge on any atom is -0.477 e. The van der Waals surface area contributed by atoms with Gasteiger partial charge in [0.1, 0.15) is 5.39 Å². The number of nitrogens with one attached hydrogen (secondary N) is 2. The van der Waals surface area contributed by atoms with Crippen molar-refractivity contribution >= 4 is 17.0 Å². The van der Waals surface area contributed by atoms with Gasteiger partial charge in [0.05, 0.1) is 12.8 Å². The SMILES string of the molecule is C=CCCCOc1nc(NC)nc2[nH]ncc12. The molecule has 0 aliphatic carbocycles. The molecule has 0 saturated carbocycles. The van der Waals surface area contributed by atoms with Crippen LogP contribution >= 0.6 is 0 Å². The van der Waals surface area contributed by atoms with Gasteiger partial charge in [-0.3, -0.25) is 5.10 Å². The molecule has 0 fully saturated rings. The second-order valence-electron chi connectivity index (χ2n) is 3.51. The lowest BCUT2D eigenvalue weighted by Gasteiger charge is -2.06. The summed E-state index contributed by atoms with van der Waals surface area (Å²) in [6.07, 6.45) is 5.38. The number of hydrogen-bond donors (Lipinski definition) is 2. The average molecular weight is 233 g/mol. The minimum absolute atomic E-state index is 0.514. The maximum atomic E-state index is 5.62. The quantitative estimate of drug-likeness (QED) is 0.587. The first-order valence-electron chi connectivity index (χ1n) is 5.47. The van der Waals surface area contributed by atoms with Crippen LogP contribution in [0.4, 0.5) is 5.95 Å². The molecule has 17 heavy (non-hydrogen) atoms. The number of allylic oxidation sites excluding steroid dienone is 1. The summed E-state index contributed by atoms with van der Waals surface area (Å²) in [4.78, 5) is 8.48. The summed E-state index contributed by atoms with van der Waals surface area (Å²) in [5.41, 5.74) is 0.670. The van der Waals surface area contributed by atoms with Crippen molar-refractivity contribution in [1.29, 1.82) is 0 Å². The molecule has 0 amide bonds. The Morgan fingerprint density at radius 2 is 2.41 bits per heavy atom. The van der Waals surface area contributed by atoms with E-state index in [1.165, 1.54) is 0 Å². The van der Waals surface area contributed by atoms with E-state index in [0.29, 0.717) is 24.1 Å². The first kappa shape index (κ1) is 11.4. The van der Waals surface area contributed by atoms with Gasteiger partial charge in [0.2, 0.25) is 11.8 Å². The fourth-order valence-corrected chi connectivity index (χ4v) is 1.43. The number of aromatic amines is 1. The monoisotopic (exact) mass is 233 g/mol. The van der Waals surface area contributed by atoms with E-state index in [1.807, 2.05) is 6.08 Å². The van der Waals surface area contributed by atoms with Crippen molar-refractivity contribution in [2.75, 3.05) is 19.0 Å². The van der Waals surface area contributed by atoms with E-state index < -0.39 is 0 Å². The average Bonchev–Trinajstić information content (AvgIpc) is 2.82. The maximum Gasteiger partial charge on any atom is 0.229 e. The molecule has 0 unspecified atom stereocenters. The number of nitrogens with zero attached hydrogens (tertiary/aromatic N) is 3. The van der Waals surface area contributed by atoms with E-state index in [2.05, 4.69) is 32.1 Å². The van der Waals surface area contributed by atoms with Gasteiger partial charge < -0.3 is 10.1 Å². The standard InChI is InChI=1S/C11H15N5O/c1-3-4-5-6-17-10-8-7-13-16-9(8)14-11(12-2)15-10/h3,7H,1,4-6H2,2H3,(H2,12,13,14,15,16). The smallest absolute Gasteiger partial charge is 0.229 e. The Balaban J connectivity index is 2.18. The van der Waals surface area contributed by atoms with Crippen LogP contribution in [0.2, 0.25) is 0 Å². The van der Waals surface area contributed by atoms with Gasteiger partial charge in [-0.25, -0.2) is 0 Å². The Hall–Kier alpha value is -2.11. The van der Waals surface area contributed by atoms with E-state index in [4.69, 9.17) is 4.74 Å². The normalized spacial score (nSPS) is 10.4. The first-order valence-corrected chi connectivity index (χ1v) is 5.47. The summed E-state index contributed by atoms with van der Waals surface area (Å²) in [6, 6.07) is 0. The van der Waals surface area contributed by atoms with Crippen molar-refractivity contribution in [2.45, 2.75) is 12.8 Å². The molecule has 0 saturated heterocycles. The van der Waals surface area contributed by atoms with Crippen molar-refractivity contribution in [3.63, 3.8) is 0 Å². The van der Waals surface area contributed by atoms with Crippen LogP contribution < -0.4 is 10.1 Å². The Morgan fingerprint density at radius 1 is 1.53 bits per heavy atom. The highest BCUT2D eigenvalue weighted by Gasteiger charge is 2.09. The topological polar surface area (TPSA) is 75.7 Å².